The number of anilines is 1. The summed E-state index contributed by atoms with van der Waals surface area (Å²) in [5, 5.41) is 12.9. The summed E-state index contributed by atoms with van der Waals surface area (Å²) < 4.78 is 28.0. The average molecular weight is 515 g/mol. The van der Waals surface area contributed by atoms with Crippen LogP contribution in [-0.2, 0) is 16.4 Å². The molecule has 186 valence electrons. The largest absolute Gasteiger partial charge is 0.478 e. The van der Waals surface area contributed by atoms with E-state index in [9.17, 15) is 18.3 Å². The number of carboxylic acids is 1. The number of carbonyl (C=O) groups is 1. The fourth-order valence-electron chi connectivity index (χ4n) is 3.83. The second kappa shape index (κ2) is 13.3. The quantitative estimate of drug-likeness (QED) is 0.244. The topological polar surface area (TPSA) is 95.5 Å². The molecule has 3 rings (SSSR count). The summed E-state index contributed by atoms with van der Waals surface area (Å²) in [5.41, 5.74) is 2.89. The summed E-state index contributed by atoms with van der Waals surface area (Å²) in [4.78, 5) is 11.3. The molecule has 0 aliphatic carbocycles. The molecule has 0 amide bonds. The third kappa shape index (κ3) is 9.02. The highest BCUT2D eigenvalue weighted by Crippen LogP contribution is 2.26. The van der Waals surface area contributed by atoms with E-state index in [2.05, 4.69) is 22.2 Å². The Kier molecular flexibility index (Phi) is 10.1. The van der Waals surface area contributed by atoms with Gasteiger partial charge in [0.15, 0.2) is 0 Å². The van der Waals surface area contributed by atoms with Gasteiger partial charge in [0.25, 0.3) is 0 Å². The summed E-state index contributed by atoms with van der Waals surface area (Å²) in [7, 11) is -3.42. The molecule has 0 bridgehead atoms. The zero-order chi connectivity index (χ0) is 25.1. The molecule has 0 aliphatic rings. The van der Waals surface area contributed by atoms with Gasteiger partial charge in [-0.2, -0.15) is 0 Å². The van der Waals surface area contributed by atoms with Gasteiger partial charge in [-0.05, 0) is 55.0 Å². The highest BCUT2D eigenvalue weighted by Gasteiger charge is 2.18. The van der Waals surface area contributed by atoms with Crippen LogP contribution in [0.4, 0.5) is 5.69 Å². The lowest BCUT2D eigenvalue weighted by Gasteiger charge is -2.20. The van der Waals surface area contributed by atoms with Crippen molar-refractivity contribution in [2.75, 3.05) is 24.2 Å². The van der Waals surface area contributed by atoms with Crippen LogP contribution in [0.15, 0.2) is 78.9 Å². The number of hydrogen-bond donors (Lipinski definition) is 3. The van der Waals surface area contributed by atoms with E-state index in [1.54, 1.807) is 0 Å². The Morgan fingerprint density at radius 1 is 0.943 bits per heavy atom. The number of carboxylic acid groups (broad SMARTS) is 1. The molecule has 3 aromatic rings. The molecular formula is C27H31ClN2O4S. The fourth-order valence-corrected chi connectivity index (χ4v) is 5.21. The number of nitrogens with one attached hydrogen (secondary N) is 2. The van der Waals surface area contributed by atoms with Crippen molar-refractivity contribution in [3.8, 4) is 0 Å². The van der Waals surface area contributed by atoms with E-state index >= 15 is 0 Å². The SMILES string of the molecule is O=C(O)c1ccc(Cl)c(NCC(CCS(=O)(=O)NCCCCc2ccccc2)c2ccccc2)c1. The highest BCUT2D eigenvalue weighted by molar-refractivity contribution is 7.89. The second-order valence-corrected chi connectivity index (χ2v) is 10.8. The fraction of sp³-hybridized carbons (Fsp3) is 0.296. The van der Waals surface area contributed by atoms with E-state index in [0.29, 0.717) is 30.2 Å². The highest BCUT2D eigenvalue weighted by atomic mass is 35.5. The number of aryl methyl sites for hydroxylation is 1. The number of sulfonamides is 1. The first-order chi connectivity index (χ1) is 16.8. The normalized spacial score (nSPS) is 12.3. The average Bonchev–Trinajstić information content (AvgIpc) is 2.85. The molecule has 0 aliphatic heterocycles. The van der Waals surface area contributed by atoms with Crippen LogP contribution >= 0.6 is 11.6 Å². The van der Waals surface area contributed by atoms with Gasteiger partial charge < -0.3 is 10.4 Å². The molecular weight excluding hydrogens is 484 g/mol. The first kappa shape index (κ1) is 26.7. The number of halogens is 1. The number of benzene rings is 3. The Morgan fingerprint density at radius 2 is 1.63 bits per heavy atom. The van der Waals surface area contributed by atoms with Crippen LogP contribution in [0, 0.1) is 0 Å². The first-order valence-corrected chi connectivity index (χ1v) is 13.7. The zero-order valence-corrected chi connectivity index (χ0v) is 21.1. The van der Waals surface area contributed by atoms with Crippen molar-refractivity contribution in [3.63, 3.8) is 0 Å². The molecule has 1 atom stereocenters. The minimum Gasteiger partial charge on any atom is -0.478 e. The van der Waals surface area contributed by atoms with E-state index in [4.69, 9.17) is 11.6 Å². The van der Waals surface area contributed by atoms with Crippen LogP contribution in [-0.4, -0.2) is 38.3 Å². The lowest BCUT2D eigenvalue weighted by Crippen LogP contribution is -2.29. The van der Waals surface area contributed by atoms with Gasteiger partial charge in [0.1, 0.15) is 0 Å². The van der Waals surface area contributed by atoms with Gasteiger partial charge in [-0.25, -0.2) is 17.9 Å². The van der Waals surface area contributed by atoms with E-state index in [1.165, 1.54) is 23.8 Å². The van der Waals surface area contributed by atoms with Crippen molar-refractivity contribution in [2.24, 2.45) is 0 Å². The van der Waals surface area contributed by atoms with Gasteiger partial charge >= 0.3 is 5.97 Å². The first-order valence-electron chi connectivity index (χ1n) is 11.7. The summed E-state index contributed by atoms with van der Waals surface area (Å²) in [5.74, 6) is -1.14. The number of rotatable bonds is 14. The van der Waals surface area contributed by atoms with E-state index < -0.39 is 16.0 Å². The second-order valence-electron chi connectivity index (χ2n) is 8.43. The standard InChI is InChI=1S/C27H31ClN2O4S/c28-25-15-14-23(27(31)32)19-26(25)29-20-24(22-12-5-2-6-13-22)16-18-35(33,34)30-17-8-7-11-21-9-3-1-4-10-21/h1-6,9-10,12-15,19,24,29-30H,7-8,11,16-18,20H2,(H,31,32). The molecule has 0 spiro atoms. The molecule has 8 heteroatoms. The molecule has 3 aromatic carbocycles. The van der Waals surface area contributed by atoms with Crippen LogP contribution < -0.4 is 10.0 Å². The molecule has 0 saturated carbocycles. The third-order valence-electron chi connectivity index (χ3n) is 5.82. The lowest BCUT2D eigenvalue weighted by molar-refractivity contribution is 0.0697. The Labute approximate surface area is 212 Å². The number of hydrogen-bond acceptors (Lipinski definition) is 4. The van der Waals surface area contributed by atoms with Crippen LogP contribution in [0.1, 0.15) is 46.7 Å². The maximum Gasteiger partial charge on any atom is 0.335 e. The molecule has 35 heavy (non-hydrogen) atoms. The summed E-state index contributed by atoms with van der Waals surface area (Å²) in [6, 6.07) is 24.3. The van der Waals surface area contributed by atoms with Crippen molar-refractivity contribution in [1.82, 2.24) is 4.72 Å². The van der Waals surface area contributed by atoms with Gasteiger partial charge in [0.05, 0.1) is 22.0 Å². The summed E-state index contributed by atoms with van der Waals surface area (Å²) in [6.07, 6.45) is 3.03. The molecule has 6 nitrogen and oxygen atoms in total. The molecule has 0 aromatic heterocycles. The summed E-state index contributed by atoms with van der Waals surface area (Å²) >= 11 is 6.24. The third-order valence-corrected chi connectivity index (χ3v) is 7.56. The smallest absolute Gasteiger partial charge is 0.335 e. The van der Waals surface area contributed by atoms with Crippen LogP contribution in [0.5, 0.6) is 0 Å². The predicted molar refractivity (Wildman–Crippen MR) is 142 cm³/mol. The van der Waals surface area contributed by atoms with Gasteiger partial charge in [0.2, 0.25) is 10.0 Å². The minimum atomic E-state index is -3.42. The predicted octanol–water partition coefficient (Wildman–Crippen LogP) is 5.57. The molecule has 0 saturated heterocycles. The van der Waals surface area contributed by atoms with E-state index in [1.807, 2.05) is 48.5 Å². The molecule has 0 fully saturated rings. The minimum absolute atomic E-state index is 0.00414. The molecule has 1 unspecified atom stereocenters. The van der Waals surface area contributed by atoms with Crippen LogP contribution in [0.25, 0.3) is 0 Å². The van der Waals surface area contributed by atoms with Gasteiger partial charge in [0, 0.05) is 19.0 Å². The number of aromatic carboxylic acids is 1. The monoisotopic (exact) mass is 514 g/mol. The van der Waals surface area contributed by atoms with E-state index in [-0.39, 0.29) is 17.2 Å². The molecule has 0 heterocycles. The van der Waals surface area contributed by atoms with Crippen molar-refractivity contribution >= 4 is 33.3 Å². The Bertz CT molecular complexity index is 1190. The van der Waals surface area contributed by atoms with Crippen molar-refractivity contribution in [2.45, 2.75) is 31.6 Å². The Morgan fingerprint density at radius 3 is 2.31 bits per heavy atom. The van der Waals surface area contributed by atoms with Crippen molar-refractivity contribution in [3.05, 3.63) is 101 Å². The van der Waals surface area contributed by atoms with Gasteiger partial charge in [-0.3, -0.25) is 0 Å². The lowest BCUT2D eigenvalue weighted by atomic mass is 9.96. The molecule has 3 N–H and O–H groups in total. The number of unbranched alkanes of at least 4 members (excludes halogenated alkanes) is 1. The molecule has 0 radical (unpaired) electrons. The summed E-state index contributed by atoms with van der Waals surface area (Å²) in [6.45, 7) is 0.834. The van der Waals surface area contributed by atoms with Crippen molar-refractivity contribution in [1.29, 1.82) is 0 Å². The van der Waals surface area contributed by atoms with Crippen molar-refractivity contribution < 1.29 is 18.3 Å². The van der Waals surface area contributed by atoms with Crippen LogP contribution in [0.2, 0.25) is 5.02 Å². The van der Waals surface area contributed by atoms with Crippen LogP contribution in [0.3, 0.4) is 0 Å². The van der Waals surface area contributed by atoms with Gasteiger partial charge in [-0.1, -0.05) is 72.3 Å². The maximum atomic E-state index is 12.6. The Hall–Kier alpha value is -2.87. The Balaban J connectivity index is 1.54. The van der Waals surface area contributed by atoms with Gasteiger partial charge in [-0.15, -0.1) is 0 Å². The maximum absolute atomic E-state index is 12.6. The van der Waals surface area contributed by atoms with E-state index in [0.717, 1.165) is 24.8 Å². The zero-order valence-electron chi connectivity index (χ0n) is 19.5.